The Balaban J connectivity index is 1.62. The number of benzene rings is 3. The van der Waals surface area contributed by atoms with Gasteiger partial charge in [-0.25, -0.2) is 9.07 Å². The van der Waals surface area contributed by atoms with Gasteiger partial charge in [0.15, 0.2) is 5.11 Å². The van der Waals surface area contributed by atoms with E-state index in [1.807, 2.05) is 59.5 Å². The van der Waals surface area contributed by atoms with Crippen LogP contribution in [0.15, 0.2) is 90.3 Å². The molecule has 0 radical (unpaired) electrons. The van der Waals surface area contributed by atoms with E-state index in [0.717, 1.165) is 39.0 Å². The molecule has 5 aromatic rings. The SMILES string of the molecule is N#Cc1ccc2c(c1)c(/C=N/NC(N)=S)cn2Cc1cn(-c2ccccc2)nc1-c1ccc(F)cc1. The largest absolute Gasteiger partial charge is 0.375 e. The molecule has 0 aliphatic heterocycles. The number of hydrogen-bond donors (Lipinski definition) is 2. The summed E-state index contributed by atoms with van der Waals surface area (Å²) in [6, 6.07) is 23.8. The van der Waals surface area contributed by atoms with Crippen LogP contribution in [-0.2, 0) is 6.54 Å². The molecule has 176 valence electrons. The molecular weight excluding hydrogens is 473 g/mol. The lowest BCUT2D eigenvalue weighted by Gasteiger charge is -2.06. The summed E-state index contributed by atoms with van der Waals surface area (Å²) in [5.41, 5.74) is 13.7. The highest BCUT2D eigenvalue weighted by molar-refractivity contribution is 7.80. The lowest BCUT2D eigenvalue weighted by molar-refractivity contribution is 0.628. The number of nitriles is 1. The van der Waals surface area contributed by atoms with Gasteiger partial charge in [-0.05, 0) is 66.8 Å². The average molecular weight is 494 g/mol. The molecular formula is C27H20FN7S. The van der Waals surface area contributed by atoms with Crippen molar-refractivity contribution in [3.8, 4) is 23.0 Å². The fourth-order valence-electron chi connectivity index (χ4n) is 4.07. The normalized spacial score (nSPS) is 11.1. The first-order valence-electron chi connectivity index (χ1n) is 11.0. The molecule has 3 N–H and O–H groups in total. The van der Waals surface area contributed by atoms with Crippen LogP contribution >= 0.6 is 12.2 Å². The maximum absolute atomic E-state index is 13.6. The molecule has 0 saturated heterocycles. The molecule has 2 heterocycles. The van der Waals surface area contributed by atoms with Crippen LogP contribution in [0, 0.1) is 17.1 Å². The van der Waals surface area contributed by atoms with E-state index in [0.29, 0.717) is 12.1 Å². The second-order valence-electron chi connectivity index (χ2n) is 8.08. The minimum atomic E-state index is -0.304. The Labute approximate surface area is 211 Å². The zero-order chi connectivity index (χ0) is 25.1. The molecule has 0 aliphatic rings. The number of fused-ring (bicyclic) bond motifs is 1. The van der Waals surface area contributed by atoms with E-state index in [9.17, 15) is 9.65 Å². The van der Waals surface area contributed by atoms with Crippen molar-refractivity contribution < 1.29 is 4.39 Å². The Morgan fingerprint density at radius 2 is 1.89 bits per heavy atom. The van der Waals surface area contributed by atoms with Gasteiger partial charge in [-0.3, -0.25) is 5.43 Å². The molecule has 2 aromatic heterocycles. The van der Waals surface area contributed by atoms with Crippen LogP contribution in [0.3, 0.4) is 0 Å². The summed E-state index contributed by atoms with van der Waals surface area (Å²) in [6.07, 6.45) is 5.55. The van der Waals surface area contributed by atoms with Gasteiger partial charge in [-0.1, -0.05) is 18.2 Å². The van der Waals surface area contributed by atoms with Crippen molar-refractivity contribution in [2.45, 2.75) is 6.54 Å². The zero-order valence-corrected chi connectivity index (χ0v) is 19.8. The minimum absolute atomic E-state index is 0.0602. The Bertz CT molecular complexity index is 1630. The number of halogens is 1. The average Bonchev–Trinajstić information content (AvgIpc) is 3.46. The molecule has 0 amide bonds. The number of hydrogen-bond acceptors (Lipinski definition) is 4. The number of thiocarbonyl (C=S) groups is 1. The molecule has 0 fully saturated rings. The Morgan fingerprint density at radius 3 is 2.61 bits per heavy atom. The number of nitrogens with zero attached hydrogens (tertiary/aromatic N) is 5. The van der Waals surface area contributed by atoms with Crippen molar-refractivity contribution in [2.75, 3.05) is 0 Å². The molecule has 0 unspecified atom stereocenters. The summed E-state index contributed by atoms with van der Waals surface area (Å²) in [5, 5.41) is 19.2. The van der Waals surface area contributed by atoms with E-state index in [-0.39, 0.29) is 10.9 Å². The van der Waals surface area contributed by atoms with Crippen molar-refractivity contribution in [2.24, 2.45) is 10.8 Å². The maximum atomic E-state index is 13.6. The summed E-state index contributed by atoms with van der Waals surface area (Å²) in [6.45, 7) is 0.485. The van der Waals surface area contributed by atoms with Crippen LogP contribution in [-0.4, -0.2) is 25.7 Å². The van der Waals surface area contributed by atoms with Crippen molar-refractivity contribution in [1.29, 1.82) is 5.26 Å². The van der Waals surface area contributed by atoms with Gasteiger partial charge in [0.2, 0.25) is 0 Å². The van der Waals surface area contributed by atoms with Crippen LogP contribution < -0.4 is 11.2 Å². The monoisotopic (exact) mass is 493 g/mol. The first-order chi connectivity index (χ1) is 17.5. The number of hydrazone groups is 1. The van der Waals surface area contributed by atoms with Gasteiger partial charge >= 0.3 is 0 Å². The highest BCUT2D eigenvalue weighted by atomic mass is 32.1. The van der Waals surface area contributed by atoms with Crippen LogP contribution in [0.2, 0.25) is 0 Å². The van der Waals surface area contributed by atoms with Crippen molar-refractivity contribution in [1.82, 2.24) is 19.8 Å². The Hall–Kier alpha value is -4.81. The van der Waals surface area contributed by atoms with Gasteiger partial charge in [0.25, 0.3) is 0 Å². The second kappa shape index (κ2) is 9.82. The van der Waals surface area contributed by atoms with Crippen LogP contribution in [0.1, 0.15) is 16.7 Å². The van der Waals surface area contributed by atoms with Crippen LogP contribution in [0.25, 0.3) is 27.8 Å². The third kappa shape index (κ3) is 4.71. The third-order valence-electron chi connectivity index (χ3n) is 5.69. The lowest BCUT2D eigenvalue weighted by atomic mass is 10.1. The first-order valence-corrected chi connectivity index (χ1v) is 11.4. The highest BCUT2D eigenvalue weighted by Gasteiger charge is 2.16. The van der Waals surface area contributed by atoms with Crippen molar-refractivity contribution in [3.05, 3.63) is 108 Å². The molecule has 3 aromatic carbocycles. The predicted molar refractivity (Wildman–Crippen MR) is 142 cm³/mol. The van der Waals surface area contributed by atoms with E-state index < -0.39 is 0 Å². The molecule has 0 atom stereocenters. The topological polar surface area (TPSA) is 97.0 Å². The van der Waals surface area contributed by atoms with Gasteiger partial charge < -0.3 is 10.3 Å². The van der Waals surface area contributed by atoms with Gasteiger partial charge in [0, 0.05) is 40.0 Å². The third-order valence-corrected chi connectivity index (χ3v) is 5.78. The lowest BCUT2D eigenvalue weighted by Crippen LogP contribution is -2.23. The highest BCUT2D eigenvalue weighted by Crippen LogP contribution is 2.28. The molecule has 9 heteroatoms. The molecule has 0 saturated carbocycles. The Kier molecular flexibility index (Phi) is 6.26. The molecule has 0 bridgehead atoms. The second-order valence-corrected chi connectivity index (χ2v) is 8.52. The van der Waals surface area contributed by atoms with E-state index >= 15 is 0 Å². The maximum Gasteiger partial charge on any atom is 0.184 e. The van der Waals surface area contributed by atoms with Gasteiger partial charge in [0.1, 0.15) is 5.82 Å². The number of nitrogens with one attached hydrogen (secondary N) is 1. The van der Waals surface area contributed by atoms with Gasteiger partial charge in [-0.2, -0.15) is 15.5 Å². The molecule has 5 rings (SSSR count). The summed E-state index contributed by atoms with van der Waals surface area (Å²) in [7, 11) is 0. The fraction of sp³-hybridized carbons (Fsp3) is 0.0370. The number of aromatic nitrogens is 3. The summed E-state index contributed by atoms with van der Waals surface area (Å²) in [4.78, 5) is 0. The first kappa shape index (κ1) is 23.0. The fourth-order valence-corrected chi connectivity index (χ4v) is 4.12. The smallest absolute Gasteiger partial charge is 0.184 e. The predicted octanol–water partition coefficient (Wildman–Crippen LogP) is 4.72. The summed E-state index contributed by atoms with van der Waals surface area (Å²) in [5.74, 6) is -0.304. The molecule has 0 aliphatic carbocycles. The van der Waals surface area contributed by atoms with E-state index in [1.54, 1.807) is 24.4 Å². The number of rotatable bonds is 6. The summed E-state index contributed by atoms with van der Waals surface area (Å²) < 4.78 is 17.5. The zero-order valence-electron chi connectivity index (χ0n) is 19.0. The van der Waals surface area contributed by atoms with Gasteiger partial charge in [0.05, 0.1) is 35.8 Å². The van der Waals surface area contributed by atoms with Crippen LogP contribution in [0.5, 0.6) is 0 Å². The van der Waals surface area contributed by atoms with E-state index in [4.69, 9.17) is 23.1 Å². The van der Waals surface area contributed by atoms with Crippen LogP contribution in [0.4, 0.5) is 4.39 Å². The quantitative estimate of drug-likeness (QED) is 0.203. The standard InChI is InChI=1S/C27H20FN7S/c28-22-9-7-19(8-10-22)26-21(17-35(33-26)23-4-2-1-3-5-23)16-34-15-20(14-31-32-27(30)36)24-12-18(13-29)6-11-25(24)34/h1-12,14-15,17H,16H2,(H3,30,32,36)/b31-14+. The van der Waals surface area contributed by atoms with Crippen molar-refractivity contribution in [3.63, 3.8) is 0 Å². The molecule has 36 heavy (non-hydrogen) atoms. The van der Waals surface area contributed by atoms with Crippen molar-refractivity contribution >= 4 is 34.4 Å². The van der Waals surface area contributed by atoms with E-state index in [2.05, 4.69) is 21.2 Å². The van der Waals surface area contributed by atoms with Gasteiger partial charge in [-0.15, -0.1) is 0 Å². The Morgan fingerprint density at radius 1 is 1.11 bits per heavy atom. The molecule has 0 spiro atoms. The van der Waals surface area contributed by atoms with E-state index in [1.165, 1.54) is 12.1 Å². The molecule has 7 nitrogen and oxygen atoms in total. The number of para-hydroxylation sites is 1. The number of nitrogens with two attached hydrogens (primary N) is 1. The summed E-state index contributed by atoms with van der Waals surface area (Å²) >= 11 is 4.82. The minimum Gasteiger partial charge on any atom is -0.375 e.